The largest absolute Gasteiger partial charge is 0.495 e. The molecule has 2 saturated heterocycles. The summed E-state index contributed by atoms with van der Waals surface area (Å²) in [5.41, 5.74) is -5.76. The Morgan fingerprint density at radius 1 is 0.950 bits per heavy atom. The van der Waals surface area contributed by atoms with Crippen molar-refractivity contribution in [3.05, 3.63) is 82.9 Å². The van der Waals surface area contributed by atoms with E-state index < -0.39 is 49.5 Å². The predicted molar refractivity (Wildman–Crippen MR) is 222 cm³/mol. The van der Waals surface area contributed by atoms with Crippen LogP contribution >= 0.6 is 19.2 Å². The molecule has 0 aliphatic carbocycles. The maximum absolute atomic E-state index is 14.1. The molecule has 2 aliphatic heterocycles. The van der Waals surface area contributed by atoms with Gasteiger partial charge in [0.2, 0.25) is 20.0 Å². The fourth-order valence-corrected chi connectivity index (χ4v) is 10.6. The molecule has 2 fully saturated rings. The highest BCUT2D eigenvalue weighted by Crippen LogP contribution is 2.60. The second kappa shape index (κ2) is 20.7. The van der Waals surface area contributed by atoms with Crippen molar-refractivity contribution in [1.29, 1.82) is 0 Å². The van der Waals surface area contributed by atoms with Gasteiger partial charge in [-0.05, 0) is 107 Å². The molecule has 0 bridgehead atoms. The van der Waals surface area contributed by atoms with E-state index >= 15 is 0 Å². The second-order valence-corrected chi connectivity index (χ2v) is 21.2. The molecule has 4 N–H and O–H groups in total. The molecule has 2 heterocycles. The van der Waals surface area contributed by atoms with Crippen LogP contribution < -0.4 is 19.5 Å². The van der Waals surface area contributed by atoms with Crippen molar-refractivity contribution in [2.24, 2.45) is 11.8 Å². The summed E-state index contributed by atoms with van der Waals surface area (Å²) < 4.78 is 111. The van der Waals surface area contributed by atoms with Crippen molar-refractivity contribution in [1.82, 2.24) is 19.2 Å². The van der Waals surface area contributed by atoms with Gasteiger partial charge in [0.1, 0.15) is 26.9 Å². The number of methoxy groups -OCH3 is 2. The molecule has 0 aromatic heterocycles. The molecule has 0 spiro atoms. The number of carbonyl (C=O) groups excluding carboxylic acids is 1. The molecule has 2 aliphatic rings. The zero-order valence-electron chi connectivity index (χ0n) is 34.1. The van der Waals surface area contributed by atoms with E-state index in [1.54, 1.807) is 35.2 Å². The first kappa shape index (κ1) is 49.3. The lowest BCUT2D eigenvalue weighted by atomic mass is 9.99. The normalized spacial score (nSPS) is 18.0. The summed E-state index contributed by atoms with van der Waals surface area (Å²) in [7, 11) is -10.7. The Hall–Kier alpha value is -3.39. The van der Waals surface area contributed by atoms with E-state index in [2.05, 4.69) is 10.0 Å². The molecule has 15 nitrogen and oxygen atoms in total. The number of carbonyl (C=O) groups is 1. The van der Waals surface area contributed by atoms with Crippen LogP contribution in [0, 0.1) is 11.8 Å². The molecular formula is C39H54ClF2N4O11PS2. The molecule has 3 aromatic rings. The highest BCUT2D eigenvalue weighted by Gasteiger charge is 2.51. The molecular weight excluding hydrogens is 869 g/mol. The topological polar surface area (TPSA) is 201 Å². The number of hydrogen-bond donors (Lipinski definition) is 4. The minimum atomic E-state index is -5.81. The highest BCUT2D eigenvalue weighted by atomic mass is 35.5. The van der Waals surface area contributed by atoms with E-state index in [4.69, 9.17) is 35.6 Å². The number of nitrogens with zero attached hydrogens (tertiary/aromatic N) is 2. The predicted octanol–water partition coefficient (Wildman–Crippen LogP) is 6.39. The third kappa shape index (κ3) is 13.1. The average molecular weight is 923 g/mol. The number of para-hydroxylation sites is 2. The van der Waals surface area contributed by atoms with Crippen molar-refractivity contribution in [3.8, 4) is 11.5 Å². The Morgan fingerprint density at radius 3 is 2.12 bits per heavy atom. The Morgan fingerprint density at radius 2 is 1.55 bits per heavy atom. The van der Waals surface area contributed by atoms with Gasteiger partial charge in [-0.1, -0.05) is 48.0 Å². The van der Waals surface area contributed by atoms with E-state index in [0.29, 0.717) is 25.4 Å². The van der Waals surface area contributed by atoms with Crippen LogP contribution in [0.5, 0.6) is 11.5 Å². The molecule has 5 rings (SSSR count). The summed E-state index contributed by atoms with van der Waals surface area (Å²) in [6, 6.07) is 15.8. The highest BCUT2D eigenvalue weighted by molar-refractivity contribution is 7.89. The number of hydrogen-bond acceptors (Lipinski definition) is 10. The Labute approximate surface area is 356 Å². The van der Waals surface area contributed by atoms with Crippen LogP contribution in [0.2, 0.25) is 5.02 Å². The molecule has 0 saturated carbocycles. The lowest BCUT2D eigenvalue weighted by Gasteiger charge is -2.34. The Kier molecular flexibility index (Phi) is 17.0. The van der Waals surface area contributed by atoms with Crippen molar-refractivity contribution in [3.63, 3.8) is 0 Å². The number of nitrogens with one attached hydrogen (secondary N) is 2. The second-order valence-electron chi connectivity index (χ2n) is 15.5. The molecule has 334 valence electrons. The summed E-state index contributed by atoms with van der Waals surface area (Å²) in [6.45, 7) is 8.32. The van der Waals surface area contributed by atoms with E-state index in [0.717, 1.165) is 44.4 Å². The number of sulfonamides is 2. The third-order valence-electron chi connectivity index (χ3n) is 9.72. The lowest BCUT2D eigenvalue weighted by molar-refractivity contribution is 0.0169. The van der Waals surface area contributed by atoms with Crippen LogP contribution in [0.1, 0.15) is 57.6 Å². The quantitative estimate of drug-likeness (QED) is 0.130. The van der Waals surface area contributed by atoms with Gasteiger partial charge < -0.3 is 34.2 Å². The molecule has 2 unspecified atom stereocenters. The van der Waals surface area contributed by atoms with Gasteiger partial charge in [0.15, 0.2) is 0 Å². The monoisotopic (exact) mass is 922 g/mol. The van der Waals surface area contributed by atoms with Crippen LogP contribution in [-0.2, 0) is 41.6 Å². The van der Waals surface area contributed by atoms with E-state index in [-0.39, 0.29) is 58.7 Å². The molecule has 3 aromatic carbocycles. The van der Waals surface area contributed by atoms with Crippen LogP contribution in [0.25, 0.3) is 0 Å². The van der Waals surface area contributed by atoms with Gasteiger partial charge in [0.25, 0.3) is 0 Å². The maximum atomic E-state index is 14.1. The summed E-state index contributed by atoms with van der Waals surface area (Å²) in [5.74, 6) is 0.552. The van der Waals surface area contributed by atoms with Crippen LogP contribution in [0.15, 0.2) is 76.5 Å². The fraction of sp³-hybridized carbons (Fsp3) is 0.513. The molecule has 2 atom stereocenters. The van der Waals surface area contributed by atoms with Gasteiger partial charge in [-0.3, -0.25) is 4.57 Å². The van der Waals surface area contributed by atoms with Crippen LogP contribution in [0.4, 0.5) is 13.6 Å². The van der Waals surface area contributed by atoms with Crippen molar-refractivity contribution in [2.45, 2.75) is 74.1 Å². The van der Waals surface area contributed by atoms with Gasteiger partial charge in [-0.15, -0.1) is 0 Å². The lowest BCUT2D eigenvalue weighted by Crippen LogP contribution is -2.45. The van der Waals surface area contributed by atoms with Crippen molar-refractivity contribution < 1.29 is 59.0 Å². The van der Waals surface area contributed by atoms with Gasteiger partial charge in [0, 0.05) is 32.7 Å². The molecule has 21 heteroatoms. The number of piperidine rings is 2. The van der Waals surface area contributed by atoms with Gasteiger partial charge in [0.05, 0.1) is 24.8 Å². The minimum Gasteiger partial charge on any atom is -0.495 e. The maximum Gasteiger partial charge on any atom is 0.410 e. The van der Waals surface area contributed by atoms with Gasteiger partial charge in [-0.2, -0.15) is 13.1 Å². The summed E-state index contributed by atoms with van der Waals surface area (Å²) in [6.07, 6.45) is 3.04. The number of ether oxygens (including phenoxy) is 3. The third-order valence-corrected chi connectivity index (χ3v) is 14.3. The summed E-state index contributed by atoms with van der Waals surface area (Å²) in [4.78, 5) is 31.9. The summed E-state index contributed by atoms with van der Waals surface area (Å²) in [5, 5.41) is 2.67. The zero-order chi connectivity index (χ0) is 44.5. The number of rotatable bonds is 14. The number of likely N-dealkylation sites (tertiary alicyclic amines) is 1. The van der Waals surface area contributed by atoms with E-state index in [1.807, 2.05) is 20.8 Å². The van der Waals surface area contributed by atoms with Crippen LogP contribution in [0.3, 0.4) is 0 Å². The number of benzene rings is 3. The minimum absolute atomic E-state index is 0.0305. The van der Waals surface area contributed by atoms with Gasteiger partial charge in [-0.25, -0.2) is 26.4 Å². The first-order chi connectivity index (χ1) is 28.0. The summed E-state index contributed by atoms with van der Waals surface area (Å²) >= 11 is 5.95. The smallest absolute Gasteiger partial charge is 0.410 e. The molecule has 60 heavy (non-hydrogen) atoms. The molecule has 1 amide bonds. The first-order valence-electron chi connectivity index (χ1n) is 19.2. The number of amides is 1. The Balaban J connectivity index is 0.000000275. The SMILES string of the molecule is COc1ccccc1S(=O)(=O)N(Cc1ccc(C(F)(F)P(=O)(O)O)c(Cl)c1)CC1CCCNC1.COc1ccccc1S(=O)(=O)NCC1CCCN(C(=O)OC(C)(C)C)C1. The van der Waals surface area contributed by atoms with Crippen LogP contribution in [-0.4, -0.2) is 101 Å². The van der Waals surface area contributed by atoms with E-state index in [1.165, 1.54) is 42.8 Å². The average Bonchev–Trinajstić information content (AvgIpc) is 3.19. The molecule has 0 radical (unpaired) electrons. The number of halogens is 3. The van der Waals surface area contributed by atoms with E-state index in [9.17, 15) is 35.0 Å². The van der Waals surface area contributed by atoms with Crippen molar-refractivity contribution in [2.75, 3.05) is 53.5 Å². The fourth-order valence-electron chi connectivity index (χ4n) is 6.72. The number of alkyl halides is 2. The standard InChI is InChI=1S/C21H26ClF2N2O6PS.C18H28N2O5S/c1-32-19-6-2-3-7-20(19)34(30,31)26(14-16-5-4-10-25-12-16)13-15-8-9-17(18(22)11-15)21(23,24)33(27,28)29;1-18(2,3)25-17(21)20-11-7-8-14(13-20)12-19-26(22,23)16-10-6-5-9-15(16)24-4/h2-3,6-9,11,16,25H,4-5,10,12-14H2,1H3,(H2,27,28,29);5-6,9-10,14,19H,7-8,11-13H2,1-4H3. The van der Waals surface area contributed by atoms with Crippen molar-refractivity contribution >= 4 is 45.3 Å². The Bertz CT molecular complexity index is 2200. The zero-order valence-corrected chi connectivity index (χ0v) is 37.4. The van der Waals surface area contributed by atoms with Gasteiger partial charge >= 0.3 is 19.4 Å². The first-order valence-corrected chi connectivity index (χ1v) is 24.1.